The second-order valence-corrected chi connectivity index (χ2v) is 6.82. The Balaban J connectivity index is 1.34. The topological polar surface area (TPSA) is 102 Å². The van der Waals surface area contributed by atoms with Crippen molar-refractivity contribution in [1.29, 1.82) is 0 Å². The van der Waals surface area contributed by atoms with Crippen molar-refractivity contribution >= 4 is 17.8 Å². The van der Waals surface area contributed by atoms with Gasteiger partial charge in [-0.05, 0) is 13.0 Å². The number of aryl methyl sites for hydroxylation is 1. The van der Waals surface area contributed by atoms with E-state index >= 15 is 0 Å². The van der Waals surface area contributed by atoms with E-state index in [1.165, 1.54) is 0 Å². The minimum absolute atomic E-state index is 0.236. The third kappa shape index (κ3) is 4.14. The van der Waals surface area contributed by atoms with Crippen LogP contribution in [-0.2, 0) is 9.53 Å². The number of carbonyl (C=O) groups excluding carboxylic acids is 2. The molecule has 9 heteroatoms. The van der Waals surface area contributed by atoms with Gasteiger partial charge in [-0.1, -0.05) is 35.5 Å². The number of esters is 1. The van der Waals surface area contributed by atoms with Crippen LogP contribution in [0.5, 0.6) is 0 Å². The van der Waals surface area contributed by atoms with Crippen molar-refractivity contribution in [1.82, 2.24) is 20.0 Å². The Morgan fingerprint density at radius 3 is 2.43 bits per heavy atom. The molecule has 0 saturated carbocycles. The van der Waals surface area contributed by atoms with Gasteiger partial charge in [0.05, 0.1) is 0 Å². The fourth-order valence-electron chi connectivity index (χ4n) is 3.31. The number of aromatic nitrogens is 3. The molecule has 0 radical (unpaired) electrons. The fraction of sp³-hybridized carbons (Fsp3) is 0.286. The lowest BCUT2D eigenvalue weighted by atomic mass is 10.1. The number of carbonyl (C=O) groups is 2. The summed E-state index contributed by atoms with van der Waals surface area (Å²) in [6, 6.07) is 11.0. The molecule has 3 aromatic rings. The van der Waals surface area contributed by atoms with Crippen LogP contribution in [0.2, 0.25) is 0 Å². The molecule has 0 N–H and O–H groups in total. The molecule has 1 aliphatic heterocycles. The van der Waals surface area contributed by atoms with E-state index in [0.29, 0.717) is 43.6 Å². The number of hydrogen-bond acceptors (Lipinski definition) is 8. The van der Waals surface area contributed by atoms with E-state index in [2.05, 4.69) is 15.1 Å². The highest BCUT2D eigenvalue weighted by molar-refractivity contribution is 5.98. The van der Waals surface area contributed by atoms with Gasteiger partial charge in [0.25, 0.3) is 5.91 Å². The lowest BCUT2D eigenvalue weighted by molar-refractivity contribution is -0.134. The van der Waals surface area contributed by atoms with Gasteiger partial charge in [0.15, 0.2) is 6.61 Å². The Hall–Kier alpha value is -3.75. The van der Waals surface area contributed by atoms with Crippen LogP contribution in [0.3, 0.4) is 0 Å². The van der Waals surface area contributed by atoms with Crippen LogP contribution in [0.15, 0.2) is 53.3 Å². The van der Waals surface area contributed by atoms with Crippen molar-refractivity contribution in [2.45, 2.75) is 6.92 Å². The molecule has 1 fully saturated rings. The van der Waals surface area contributed by atoms with Gasteiger partial charge >= 0.3 is 5.97 Å². The van der Waals surface area contributed by atoms with Gasteiger partial charge in [-0.2, -0.15) is 0 Å². The van der Waals surface area contributed by atoms with Crippen LogP contribution in [-0.4, -0.2) is 64.7 Å². The maximum atomic E-state index is 12.6. The zero-order valence-corrected chi connectivity index (χ0v) is 16.5. The number of nitrogens with zero attached hydrogens (tertiary/aromatic N) is 5. The second-order valence-electron chi connectivity index (χ2n) is 6.82. The zero-order valence-electron chi connectivity index (χ0n) is 16.5. The maximum Gasteiger partial charge on any atom is 0.344 e. The summed E-state index contributed by atoms with van der Waals surface area (Å²) >= 11 is 0. The summed E-state index contributed by atoms with van der Waals surface area (Å²) in [6.45, 7) is 3.56. The van der Waals surface area contributed by atoms with Crippen LogP contribution in [0, 0.1) is 6.92 Å². The number of anilines is 1. The van der Waals surface area contributed by atoms with Crippen molar-refractivity contribution in [2.24, 2.45) is 0 Å². The predicted octanol–water partition coefficient (Wildman–Crippen LogP) is 1.95. The molecular formula is C21H21N5O4. The van der Waals surface area contributed by atoms with E-state index in [-0.39, 0.29) is 18.1 Å². The Bertz CT molecular complexity index is 1010. The third-order valence-corrected chi connectivity index (χ3v) is 4.91. The van der Waals surface area contributed by atoms with E-state index in [0.717, 1.165) is 5.56 Å². The molecule has 1 aliphatic rings. The predicted molar refractivity (Wildman–Crippen MR) is 108 cm³/mol. The first kappa shape index (κ1) is 19.6. The first-order valence-corrected chi connectivity index (χ1v) is 9.62. The largest absolute Gasteiger partial charge is 0.452 e. The SMILES string of the molecule is Cc1onc(-c2ccccc2)c1C(=O)OCC(=O)N1CCN(c2ncccn2)CC1. The van der Waals surface area contributed by atoms with Crippen LogP contribution in [0.1, 0.15) is 16.1 Å². The Labute approximate surface area is 173 Å². The number of piperazine rings is 1. The van der Waals surface area contributed by atoms with Crippen molar-refractivity contribution in [3.05, 3.63) is 60.1 Å². The summed E-state index contributed by atoms with van der Waals surface area (Å²) < 4.78 is 10.5. The molecule has 0 unspecified atom stereocenters. The summed E-state index contributed by atoms with van der Waals surface area (Å²) in [5.74, 6) is 0.125. The molecule has 0 bridgehead atoms. The van der Waals surface area contributed by atoms with Crippen LogP contribution >= 0.6 is 0 Å². The summed E-state index contributed by atoms with van der Waals surface area (Å²) in [5, 5.41) is 3.97. The van der Waals surface area contributed by atoms with Gasteiger partial charge in [0.2, 0.25) is 5.95 Å². The molecule has 154 valence electrons. The van der Waals surface area contributed by atoms with E-state index in [4.69, 9.17) is 9.26 Å². The van der Waals surface area contributed by atoms with Crippen LogP contribution in [0.25, 0.3) is 11.3 Å². The fourth-order valence-corrected chi connectivity index (χ4v) is 3.31. The number of hydrogen-bond donors (Lipinski definition) is 0. The zero-order chi connectivity index (χ0) is 20.9. The van der Waals surface area contributed by atoms with E-state index in [9.17, 15) is 9.59 Å². The van der Waals surface area contributed by atoms with E-state index in [1.54, 1.807) is 30.3 Å². The molecule has 0 atom stereocenters. The van der Waals surface area contributed by atoms with Gasteiger partial charge in [-0.15, -0.1) is 0 Å². The monoisotopic (exact) mass is 407 g/mol. The first-order valence-electron chi connectivity index (χ1n) is 9.62. The van der Waals surface area contributed by atoms with Gasteiger partial charge < -0.3 is 19.1 Å². The van der Waals surface area contributed by atoms with Gasteiger partial charge in [0, 0.05) is 44.1 Å². The van der Waals surface area contributed by atoms with Gasteiger partial charge in [0.1, 0.15) is 17.0 Å². The molecule has 0 spiro atoms. The minimum Gasteiger partial charge on any atom is -0.452 e. The summed E-state index contributed by atoms with van der Waals surface area (Å²) in [6.07, 6.45) is 3.38. The van der Waals surface area contributed by atoms with Crippen molar-refractivity contribution in [2.75, 3.05) is 37.7 Å². The minimum atomic E-state index is -0.628. The Kier molecular flexibility index (Phi) is 5.69. The number of rotatable bonds is 5. The molecule has 2 aromatic heterocycles. The molecular weight excluding hydrogens is 386 g/mol. The summed E-state index contributed by atoms with van der Waals surface area (Å²) in [5.41, 5.74) is 1.38. The molecule has 1 aromatic carbocycles. The van der Waals surface area contributed by atoms with Gasteiger partial charge in [-0.3, -0.25) is 4.79 Å². The van der Waals surface area contributed by atoms with E-state index < -0.39 is 5.97 Å². The number of ether oxygens (including phenoxy) is 1. The quantitative estimate of drug-likeness (QED) is 0.592. The van der Waals surface area contributed by atoms with Crippen molar-refractivity contribution in [3.63, 3.8) is 0 Å². The highest BCUT2D eigenvalue weighted by Crippen LogP contribution is 2.25. The molecule has 3 heterocycles. The van der Waals surface area contributed by atoms with Crippen molar-refractivity contribution < 1.29 is 18.8 Å². The average molecular weight is 407 g/mol. The Morgan fingerprint density at radius 1 is 1.03 bits per heavy atom. The smallest absolute Gasteiger partial charge is 0.344 e. The molecule has 1 saturated heterocycles. The maximum absolute atomic E-state index is 12.6. The molecule has 1 amide bonds. The standard InChI is InChI=1S/C21H21N5O4/c1-15-18(19(24-30-15)16-6-3-2-4-7-16)20(28)29-14-17(27)25-10-12-26(13-11-25)21-22-8-5-9-23-21/h2-9H,10-14H2,1H3. The number of benzene rings is 1. The summed E-state index contributed by atoms with van der Waals surface area (Å²) in [7, 11) is 0. The van der Waals surface area contributed by atoms with Crippen LogP contribution in [0.4, 0.5) is 5.95 Å². The summed E-state index contributed by atoms with van der Waals surface area (Å²) in [4.78, 5) is 37.3. The number of amides is 1. The molecule has 4 rings (SSSR count). The first-order chi connectivity index (χ1) is 14.6. The highest BCUT2D eigenvalue weighted by Gasteiger charge is 2.26. The normalized spacial score (nSPS) is 13.9. The van der Waals surface area contributed by atoms with Crippen LogP contribution < -0.4 is 4.90 Å². The Morgan fingerprint density at radius 2 is 1.73 bits per heavy atom. The molecule has 0 aliphatic carbocycles. The highest BCUT2D eigenvalue weighted by atomic mass is 16.5. The van der Waals surface area contributed by atoms with Gasteiger partial charge in [-0.25, -0.2) is 14.8 Å². The third-order valence-electron chi connectivity index (χ3n) is 4.91. The lowest BCUT2D eigenvalue weighted by Crippen LogP contribution is -2.50. The second kappa shape index (κ2) is 8.73. The molecule has 30 heavy (non-hydrogen) atoms. The van der Waals surface area contributed by atoms with E-state index in [1.807, 2.05) is 35.2 Å². The average Bonchev–Trinajstić information content (AvgIpc) is 3.20. The lowest BCUT2D eigenvalue weighted by Gasteiger charge is -2.34. The molecule has 9 nitrogen and oxygen atoms in total. The van der Waals surface area contributed by atoms with Crippen molar-refractivity contribution in [3.8, 4) is 11.3 Å².